The van der Waals surface area contributed by atoms with E-state index in [1.165, 1.54) is 38.5 Å². The Bertz CT molecular complexity index is 179. The van der Waals surface area contributed by atoms with Crippen LogP contribution in [0.25, 0.3) is 0 Å². The van der Waals surface area contributed by atoms with Crippen LogP contribution in [-0.2, 0) is 0 Å². The number of rotatable bonds is 1. The number of aliphatic hydroxyl groups excluding tert-OH is 1. The van der Waals surface area contributed by atoms with E-state index in [0.717, 1.165) is 0 Å². The van der Waals surface area contributed by atoms with Crippen molar-refractivity contribution in [3.05, 3.63) is 12.7 Å². The molecule has 2 aliphatic rings. The first-order valence-electron chi connectivity index (χ1n) is 5.09. The monoisotopic (exact) mass is 166 g/mol. The fourth-order valence-corrected chi connectivity index (χ4v) is 2.96. The molecular formula is C11H18O. The lowest BCUT2D eigenvalue weighted by Crippen LogP contribution is -2.52. The number of hydrogen-bond acceptors (Lipinski definition) is 1. The molecule has 12 heavy (non-hydrogen) atoms. The minimum atomic E-state index is -0.0738. The van der Waals surface area contributed by atoms with Crippen LogP contribution < -0.4 is 0 Å². The van der Waals surface area contributed by atoms with E-state index in [-0.39, 0.29) is 6.10 Å². The minimum absolute atomic E-state index is 0.0738. The molecule has 0 amide bonds. The van der Waals surface area contributed by atoms with Crippen molar-refractivity contribution in [2.24, 2.45) is 11.3 Å². The largest absolute Gasteiger partial charge is 0.392 e. The van der Waals surface area contributed by atoms with E-state index in [0.29, 0.717) is 11.3 Å². The van der Waals surface area contributed by atoms with Gasteiger partial charge < -0.3 is 5.11 Å². The lowest BCUT2D eigenvalue weighted by atomic mass is 9.54. The molecule has 2 atom stereocenters. The van der Waals surface area contributed by atoms with Crippen molar-refractivity contribution >= 4 is 0 Å². The molecule has 1 N–H and O–H groups in total. The summed E-state index contributed by atoms with van der Waals surface area (Å²) in [5.74, 6) is 0.392. The van der Waals surface area contributed by atoms with Gasteiger partial charge >= 0.3 is 0 Å². The topological polar surface area (TPSA) is 20.2 Å². The van der Waals surface area contributed by atoms with Crippen molar-refractivity contribution in [2.75, 3.05) is 0 Å². The van der Waals surface area contributed by atoms with Crippen molar-refractivity contribution < 1.29 is 5.11 Å². The van der Waals surface area contributed by atoms with Crippen LogP contribution >= 0.6 is 0 Å². The van der Waals surface area contributed by atoms with Crippen molar-refractivity contribution in [3.63, 3.8) is 0 Å². The van der Waals surface area contributed by atoms with Crippen LogP contribution in [0.15, 0.2) is 12.7 Å². The molecule has 0 heterocycles. The Morgan fingerprint density at radius 1 is 1.25 bits per heavy atom. The van der Waals surface area contributed by atoms with E-state index in [2.05, 4.69) is 6.58 Å². The Labute approximate surface area is 74.5 Å². The maximum absolute atomic E-state index is 9.91. The van der Waals surface area contributed by atoms with E-state index in [1.54, 1.807) is 0 Å². The second-order valence-corrected chi connectivity index (χ2v) is 4.47. The van der Waals surface area contributed by atoms with Gasteiger partial charge in [-0.15, -0.1) is 6.58 Å². The normalized spacial score (nSPS) is 39.1. The predicted molar refractivity (Wildman–Crippen MR) is 49.8 cm³/mol. The van der Waals surface area contributed by atoms with Gasteiger partial charge in [0, 0.05) is 5.92 Å². The average Bonchev–Trinajstić information content (AvgIpc) is 2.15. The van der Waals surface area contributed by atoms with Gasteiger partial charge in [-0.3, -0.25) is 0 Å². The van der Waals surface area contributed by atoms with Crippen molar-refractivity contribution in [1.29, 1.82) is 0 Å². The molecule has 2 rings (SSSR count). The highest BCUT2D eigenvalue weighted by molar-refractivity contribution is 5.08. The van der Waals surface area contributed by atoms with Crippen molar-refractivity contribution in [1.82, 2.24) is 0 Å². The van der Waals surface area contributed by atoms with Gasteiger partial charge in [-0.05, 0) is 24.7 Å². The Morgan fingerprint density at radius 3 is 2.42 bits per heavy atom. The summed E-state index contributed by atoms with van der Waals surface area (Å²) in [5.41, 5.74) is 0.317. The highest BCUT2D eigenvalue weighted by Crippen LogP contribution is 2.54. The van der Waals surface area contributed by atoms with E-state index < -0.39 is 0 Å². The van der Waals surface area contributed by atoms with Gasteiger partial charge in [0.25, 0.3) is 0 Å². The second-order valence-electron chi connectivity index (χ2n) is 4.47. The summed E-state index contributed by atoms with van der Waals surface area (Å²) < 4.78 is 0. The Balaban J connectivity index is 2.00. The Kier molecular flexibility index (Phi) is 1.99. The summed E-state index contributed by atoms with van der Waals surface area (Å²) in [7, 11) is 0. The fraction of sp³-hybridized carbons (Fsp3) is 0.818. The van der Waals surface area contributed by atoms with Gasteiger partial charge in [0.1, 0.15) is 0 Å². The van der Waals surface area contributed by atoms with Crippen LogP contribution in [0.4, 0.5) is 0 Å². The molecule has 0 radical (unpaired) electrons. The first-order chi connectivity index (χ1) is 5.78. The summed E-state index contributed by atoms with van der Waals surface area (Å²) in [6, 6.07) is 0. The third kappa shape index (κ3) is 1.03. The Morgan fingerprint density at radius 2 is 1.92 bits per heavy atom. The Hall–Kier alpha value is -0.300. The fourth-order valence-electron chi connectivity index (χ4n) is 2.96. The summed E-state index contributed by atoms with van der Waals surface area (Å²) >= 11 is 0. The molecule has 0 aromatic heterocycles. The van der Waals surface area contributed by atoms with Crippen LogP contribution in [0.5, 0.6) is 0 Å². The third-order valence-corrected chi connectivity index (χ3v) is 3.83. The smallest absolute Gasteiger partial charge is 0.0659 e. The van der Waals surface area contributed by atoms with Crippen molar-refractivity contribution in [3.8, 4) is 0 Å². The highest BCUT2D eigenvalue weighted by atomic mass is 16.3. The molecule has 1 spiro atoms. The van der Waals surface area contributed by atoms with Gasteiger partial charge in [0.05, 0.1) is 6.10 Å². The molecule has 0 aliphatic heterocycles. The van der Waals surface area contributed by atoms with Gasteiger partial charge in [0.2, 0.25) is 0 Å². The predicted octanol–water partition coefficient (Wildman–Crippen LogP) is 2.50. The first kappa shape index (κ1) is 8.31. The van der Waals surface area contributed by atoms with Crippen LogP contribution in [0.1, 0.15) is 38.5 Å². The third-order valence-electron chi connectivity index (χ3n) is 3.83. The summed E-state index contributed by atoms with van der Waals surface area (Å²) in [6.45, 7) is 3.75. The van der Waals surface area contributed by atoms with E-state index in [1.807, 2.05) is 6.08 Å². The number of aliphatic hydroxyl groups is 1. The SMILES string of the molecule is C=C[C@H]1CC2(CCCCC2)[C@@H]1O. The van der Waals surface area contributed by atoms with E-state index in [4.69, 9.17) is 0 Å². The lowest BCUT2D eigenvalue weighted by Gasteiger charge is -2.54. The van der Waals surface area contributed by atoms with E-state index in [9.17, 15) is 5.11 Å². The molecule has 1 nitrogen and oxygen atoms in total. The van der Waals surface area contributed by atoms with Crippen LogP contribution in [-0.4, -0.2) is 11.2 Å². The lowest BCUT2D eigenvalue weighted by molar-refractivity contribution is -0.121. The minimum Gasteiger partial charge on any atom is -0.392 e. The zero-order valence-corrected chi connectivity index (χ0v) is 7.63. The van der Waals surface area contributed by atoms with Crippen LogP contribution in [0.3, 0.4) is 0 Å². The van der Waals surface area contributed by atoms with Crippen molar-refractivity contribution in [2.45, 2.75) is 44.6 Å². The first-order valence-corrected chi connectivity index (χ1v) is 5.09. The van der Waals surface area contributed by atoms with Gasteiger partial charge in [-0.25, -0.2) is 0 Å². The maximum Gasteiger partial charge on any atom is 0.0659 e. The molecule has 2 aliphatic carbocycles. The summed E-state index contributed by atoms with van der Waals surface area (Å²) in [5, 5.41) is 9.91. The molecular weight excluding hydrogens is 148 g/mol. The zero-order valence-electron chi connectivity index (χ0n) is 7.63. The molecule has 0 aromatic rings. The summed E-state index contributed by atoms with van der Waals surface area (Å²) in [6.07, 6.45) is 9.55. The average molecular weight is 166 g/mol. The molecule has 1 heteroatoms. The van der Waals surface area contributed by atoms with Gasteiger partial charge in [0.15, 0.2) is 0 Å². The summed E-state index contributed by atoms with van der Waals surface area (Å²) in [4.78, 5) is 0. The molecule has 0 aromatic carbocycles. The molecule has 2 fully saturated rings. The van der Waals surface area contributed by atoms with Crippen LogP contribution in [0, 0.1) is 11.3 Å². The highest BCUT2D eigenvalue weighted by Gasteiger charge is 2.51. The quantitative estimate of drug-likeness (QED) is 0.593. The van der Waals surface area contributed by atoms with Gasteiger partial charge in [-0.2, -0.15) is 0 Å². The standard InChI is InChI=1S/C11H18O/c1-2-9-8-11(10(9)12)6-4-3-5-7-11/h2,9-10,12H,1,3-8H2/t9-,10+/m0/s1. The van der Waals surface area contributed by atoms with Gasteiger partial charge in [-0.1, -0.05) is 25.3 Å². The molecule has 2 saturated carbocycles. The molecule has 0 bridgehead atoms. The number of hydrogen-bond donors (Lipinski definition) is 1. The molecule has 0 unspecified atom stereocenters. The van der Waals surface area contributed by atoms with Crippen LogP contribution in [0.2, 0.25) is 0 Å². The molecule has 68 valence electrons. The molecule has 0 saturated heterocycles. The zero-order chi connectivity index (χ0) is 8.60. The van der Waals surface area contributed by atoms with E-state index >= 15 is 0 Å². The maximum atomic E-state index is 9.91. The second kappa shape index (κ2) is 2.88.